The third kappa shape index (κ3) is 4.50. The SMILES string of the molecule is Cc1ccc(C(=O)N2CCN(C(C)C(=O)NC3(C#N)CCCCC3)CC2)s1. The Kier molecular flexibility index (Phi) is 6.18. The van der Waals surface area contributed by atoms with Gasteiger partial charge in [0.15, 0.2) is 0 Å². The molecule has 146 valence electrons. The normalized spacial score (nSPS) is 21.3. The van der Waals surface area contributed by atoms with Crippen molar-refractivity contribution in [3.05, 3.63) is 21.9 Å². The van der Waals surface area contributed by atoms with Crippen LogP contribution in [0.4, 0.5) is 0 Å². The maximum Gasteiger partial charge on any atom is 0.264 e. The fourth-order valence-electron chi connectivity index (χ4n) is 3.94. The van der Waals surface area contributed by atoms with Gasteiger partial charge in [-0.25, -0.2) is 0 Å². The molecule has 1 aliphatic carbocycles. The minimum Gasteiger partial charge on any atom is -0.336 e. The summed E-state index contributed by atoms with van der Waals surface area (Å²) in [5, 5.41) is 12.6. The molecule has 1 atom stereocenters. The summed E-state index contributed by atoms with van der Waals surface area (Å²) >= 11 is 1.52. The Labute approximate surface area is 165 Å². The Morgan fingerprint density at radius 2 is 1.85 bits per heavy atom. The van der Waals surface area contributed by atoms with Gasteiger partial charge in [0.05, 0.1) is 17.0 Å². The van der Waals surface area contributed by atoms with Crippen molar-refractivity contribution in [3.63, 3.8) is 0 Å². The van der Waals surface area contributed by atoms with Crippen LogP contribution in [0.1, 0.15) is 53.6 Å². The first-order valence-electron chi connectivity index (χ1n) is 9.77. The molecule has 1 aromatic heterocycles. The number of amides is 2. The molecule has 2 fully saturated rings. The van der Waals surface area contributed by atoms with Gasteiger partial charge in [-0.05, 0) is 38.8 Å². The number of thiophene rings is 1. The van der Waals surface area contributed by atoms with Crippen LogP contribution in [0.15, 0.2) is 12.1 Å². The molecule has 0 aromatic carbocycles. The van der Waals surface area contributed by atoms with Crippen LogP contribution in [-0.2, 0) is 4.79 Å². The van der Waals surface area contributed by atoms with Crippen molar-refractivity contribution >= 4 is 23.2 Å². The highest BCUT2D eigenvalue weighted by atomic mass is 32.1. The highest BCUT2D eigenvalue weighted by Gasteiger charge is 2.36. The number of nitrogens with zero attached hydrogens (tertiary/aromatic N) is 3. The van der Waals surface area contributed by atoms with E-state index in [0.29, 0.717) is 26.2 Å². The average Bonchev–Trinajstić information content (AvgIpc) is 3.14. The molecule has 2 aliphatic rings. The molecule has 1 saturated carbocycles. The van der Waals surface area contributed by atoms with Crippen LogP contribution in [0.2, 0.25) is 0 Å². The Morgan fingerprint density at radius 1 is 1.19 bits per heavy atom. The lowest BCUT2D eigenvalue weighted by Crippen LogP contribution is -2.58. The highest BCUT2D eigenvalue weighted by Crippen LogP contribution is 2.28. The van der Waals surface area contributed by atoms with E-state index in [2.05, 4.69) is 16.3 Å². The van der Waals surface area contributed by atoms with Crippen LogP contribution in [-0.4, -0.2) is 59.4 Å². The van der Waals surface area contributed by atoms with Crippen LogP contribution >= 0.6 is 11.3 Å². The fraction of sp³-hybridized carbons (Fsp3) is 0.650. The van der Waals surface area contributed by atoms with Gasteiger partial charge in [0.2, 0.25) is 5.91 Å². The van der Waals surface area contributed by atoms with E-state index in [1.165, 1.54) is 11.3 Å². The molecule has 7 heteroatoms. The molecule has 27 heavy (non-hydrogen) atoms. The molecule has 6 nitrogen and oxygen atoms in total. The number of piperazine rings is 1. The number of rotatable bonds is 4. The number of nitriles is 1. The summed E-state index contributed by atoms with van der Waals surface area (Å²) < 4.78 is 0. The van der Waals surface area contributed by atoms with Gasteiger partial charge in [-0.2, -0.15) is 5.26 Å². The van der Waals surface area contributed by atoms with Gasteiger partial charge in [-0.1, -0.05) is 19.3 Å². The number of carbonyl (C=O) groups is 2. The molecule has 3 rings (SSSR count). The van der Waals surface area contributed by atoms with Crippen LogP contribution in [0, 0.1) is 18.3 Å². The van der Waals surface area contributed by atoms with Crippen molar-refractivity contribution < 1.29 is 9.59 Å². The van der Waals surface area contributed by atoms with Gasteiger partial charge in [0, 0.05) is 31.1 Å². The largest absolute Gasteiger partial charge is 0.336 e. The predicted octanol–water partition coefficient (Wildman–Crippen LogP) is 2.55. The van der Waals surface area contributed by atoms with Crippen molar-refractivity contribution in [3.8, 4) is 6.07 Å². The molecule has 1 aromatic rings. The van der Waals surface area contributed by atoms with Gasteiger partial charge in [0.1, 0.15) is 5.54 Å². The first-order chi connectivity index (χ1) is 12.9. The quantitative estimate of drug-likeness (QED) is 0.860. The maximum atomic E-state index is 12.7. The average molecular weight is 389 g/mol. The summed E-state index contributed by atoms with van der Waals surface area (Å²) in [6, 6.07) is 5.91. The van der Waals surface area contributed by atoms with Crippen molar-refractivity contribution in [2.45, 2.75) is 57.5 Å². The number of nitrogens with one attached hydrogen (secondary N) is 1. The predicted molar refractivity (Wildman–Crippen MR) is 106 cm³/mol. The van der Waals surface area contributed by atoms with Crippen LogP contribution in [0.5, 0.6) is 0 Å². The van der Waals surface area contributed by atoms with Gasteiger partial charge in [-0.3, -0.25) is 14.5 Å². The van der Waals surface area contributed by atoms with Gasteiger partial charge in [0.25, 0.3) is 5.91 Å². The van der Waals surface area contributed by atoms with Crippen molar-refractivity contribution in [1.29, 1.82) is 5.26 Å². The summed E-state index contributed by atoms with van der Waals surface area (Å²) in [7, 11) is 0. The smallest absolute Gasteiger partial charge is 0.264 e. The molecule has 1 N–H and O–H groups in total. The zero-order chi connectivity index (χ0) is 19.4. The molecular weight excluding hydrogens is 360 g/mol. The third-order valence-electron chi connectivity index (χ3n) is 5.76. The summed E-state index contributed by atoms with van der Waals surface area (Å²) in [5.41, 5.74) is -0.696. The van der Waals surface area contributed by atoms with Gasteiger partial charge >= 0.3 is 0 Å². The number of aryl methyl sites for hydroxylation is 1. The molecule has 1 unspecified atom stereocenters. The van der Waals surface area contributed by atoms with E-state index in [9.17, 15) is 14.9 Å². The molecule has 1 saturated heterocycles. The van der Waals surface area contributed by atoms with E-state index in [1.54, 1.807) is 0 Å². The summed E-state index contributed by atoms with van der Waals surface area (Å²) in [4.78, 5) is 31.2. The minimum absolute atomic E-state index is 0.0768. The van der Waals surface area contributed by atoms with E-state index >= 15 is 0 Å². The lowest BCUT2D eigenvalue weighted by atomic mass is 9.82. The molecule has 0 spiro atoms. The second-order valence-corrected chi connectivity index (χ2v) is 8.95. The standard InChI is InChI=1S/C20H28N4O2S/c1-15-6-7-17(27-15)19(26)24-12-10-23(11-13-24)16(2)18(25)22-20(14-21)8-4-3-5-9-20/h6-7,16H,3-5,8-13H2,1-2H3,(H,22,25). The summed E-state index contributed by atoms with van der Waals surface area (Å²) in [6.07, 6.45) is 4.60. The Balaban J connectivity index is 1.53. The Bertz CT molecular complexity index is 725. The molecule has 0 radical (unpaired) electrons. The van der Waals surface area contributed by atoms with Crippen molar-refractivity contribution in [2.75, 3.05) is 26.2 Å². The van der Waals surface area contributed by atoms with E-state index in [4.69, 9.17) is 0 Å². The van der Waals surface area contributed by atoms with E-state index in [-0.39, 0.29) is 17.9 Å². The summed E-state index contributed by atoms with van der Waals surface area (Å²) in [6.45, 7) is 6.48. The van der Waals surface area contributed by atoms with Gasteiger partial charge in [-0.15, -0.1) is 11.3 Å². The zero-order valence-corrected chi connectivity index (χ0v) is 17.0. The van der Waals surface area contributed by atoms with E-state index in [0.717, 1.165) is 41.9 Å². The van der Waals surface area contributed by atoms with E-state index < -0.39 is 5.54 Å². The molecule has 0 bridgehead atoms. The fourth-order valence-corrected chi connectivity index (χ4v) is 4.78. The second kappa shape index (κ2) is 8.41. The molecule has 2 amide bonds. The molecule has 1 aliphatic heterocycles. The van der Waals surface area contributed by atoms with Gasteiger partial charge < -0.3 is 10.2 Å². The highest BCUT2D eigenvalue weighted by molar-refractivity contribution is 7.13. The first-order valence-corrected chi connectivity index (χ1v) is 10.6. The second-order valence-electron chi connectivity index (χ2n) is 7.66. The number of hydrogen-bond acceptors (Lipinski definition) is 5. The van der Waals surface area contributed by atoms with Crippen molar-refractivity contribution in [2.24, 2.45) is 0 Å². The van der Waals surface area contributed by atoms with Crippen LogP contribution in [0.25, 0.3) is 0 Å². The third-order valence-corrected chi connectivity index (χ3v) is 6.75. The summed E-state index contributed by atoms with van der Waals surface area (Å²) in [5.74, 6) is 0.00241. The lowest BCUT2D eigenvalue weighted by Gasteiger charge is -2.39. The topological polar surface area (TPSA) is 76.4 Å². The van der Waals surface area contributed by atoms with Crippen LogP contribution < -0.4 is 5.32 Å². The lowest BCUT2D eigenvalue weighted by molar-refractivity contribution is -0.128. The van der Waals surface area contributed by atoms with E-state index in [1.807, 2.05) is 30.9 Å². The monoisotopic (exact) mass is 388 g/mol. The molecular formula is C20H28N4O2S. The molecule has 2 heterocycles. The minimum atomic E-state index is -0.696. The zero-order valence-electron chi connectivity index (χ0n) is 16.2. The van der Waals surface area contributed by atoms with Crippen LogP contribution in [0.3, 0.4) is 0 Å². The van der Waals surface area contributed by atoms with Crippen molar-refractivity contribution in [1.82, 2.24) is 15.1 Å². The first kappa shape index (κ1) is 19.8. The number of carbonyl (C=O) groups excluding carboxylic acids is 2. The Morgan fingerprint density at radius 3 is 2.41 bits per heavy atom. The maximum absolute atomic E-state index is 12.7. The number of hydrogen-bond donors (Lipinski definition) is 1. The Hall–Kier alpha value is -1.91.